The number of para-hydroxylation sites is 1. The van der Waals surface area contributed by atoms with Crippen molar-refractivity contribution in [1.29, 1.82) is 0 Å². The van der Waals surface area contributed by atoms with Crippen molar-refractivity contribution in [3.8, 4) is 0 Å². The molecular formula is C22H25N3O4. The molecule has 2 aliphatic heterocycles. The number of fused-ring (bicyclic) bond motifs is 1. The second kappa shape index (κ2) is 6.61. The number of benzene rings is 1. The number of hydrogen-bond donors (Lipinski definition) is 2. The molecule has 3 aliphatic rings. The van der Waals surface area contributed by atoms with Crippen molar-refractivity contribution in [2.75, 3.05) is 19.6 Å². The molecule has 1 atom stereocenters. The molecule has 0 radical (unpaired) electrons. The van der Waals surface area contributed by atoms with Gasteiger partial charge in [-0.3, -0.25) is 9.59 Å². The van der Waals surface area contributed by atoms with E-state index >= 15 is 0 Å². The zero-order valence-electron chi connectivity index (χ0n) is 16.3. The summed E-state index contributed by atoms with van der Waals surface area (Å²) >= 11 is 0. The Balaban J connectivity index is 1.35. The third kappa shape index (κ3) is 3.18. The molecule has 3 fully saturated rings. The first kappa shape index (κ1) is 18.2. The lowest BCUT2D eigenvalue weighted by molar-refractivity contribution is -0.141. The summed E-state index contributed by atoms with van der Waals surface area (Å²) in [4.78, 5) is 44.1. The van der Waals surface area contributed by atoms with Gasteiger partial charge in [0.25, 0.3) is 5.91 Å². The third-order valence-corrected chi connectivity index (χ3v) is 6.88. The summed E-state index contributed by atoms with van der Waals surface area (Å²) in [5, 5.41) is 10.7. The number of amides is 2. The van der Waals surface area contributed by atoms with Gasteiger partial charge in [-0.25, -0.2) is 4.79 Å². The van der Waals surface area contributed by atoms with Gasteiger partial charge in [-0.15, -0.1) is 0 Å². The fourth-order valence-corrected chi connectivity index (χ4v) is 4.99. The number of nitrogens with one attached hydrogen (secondary N) is 1. The zero-order valence-corrected chi connectivity index (χ0v) is 16.3. The summed E-state index contributed by atoms with van der Waals surface area (Å²) in [6, 6.07) is 8.60. The van der Waals surface area contributed by atoms with Crippen LogP contribution in [-0.2, 0) is 9.59 Å². The van der Waals surface area contributed by atoms with E-state index in [1.54, 1.807) is 6.07 Å². The minimum atomic E-state index is -0.956. The van der Waals surface area contributed by atoms with Gasteiger partial charge in [-0.2, -0.15) is 0 Å². The van der Waals surface area contributed by atoms with E-state index in [0.717, 1.165) is 36.6 Å². The smallest absolute Gasteiger partial charge is 0.326 e. The lowest BCUT2D eigenvalue weighted by Crippen LogP contribution is -2.45. The van der Waals surface area contributed by atoms with E-state index in [1.165, 1.54) is 4.90 Å². The molecule has 29 heavy (non-hydrogen) atoms. The summed E-state index contributed by atoms with van der Waals surface area (Å²) in [5.74, 6) is -0.761. The van der Waals surface area contributed by atoms with E-state index in [4.69, 9.17) is 0 Å². The number of carbonyl (C=O) groups excluding carboxylic acids is 2. The van der Waals surface area contributed by atoms with Gasteiger partial charge in [0.2, 0.25) is 5.91 Å². The molecule has 1 aromatic carbocycles. The SMILES string of the molecule is O=C(O)[C@H]1CC2(CCN(C(=O)C3CC3)CC2)CN1C(=O)c1cc2ccccc2[nH]1. The second-order valence-corrected chi connectivity index (χ2v) is 8.86. The molecule has 7 nitrogen and oxygen atoms in total. The maximum Gasteiger partial charge on any atom is 0.326 e. The Morgan fingerprint density at radius 1 is 1.10 bits per heavy atom. The first-order chi connectivity index (χ1) is 14.0. The Bertz CT molecular complexity index is 952. The Morgan fingerprint density at radius 2 is 1.83 bits per heavy atom. The molecule has 1 aromatic heterocycles. The predicted molar refractivity (Wildman–Crippen MR) is 106 cm³/mol. The summed E-state index contributed by atoms with van der Waals surface area (Å²) < 4.78 is 0. The Labute approximate surface area is 168 Å². The molecule has 1 spiro atoms. The molecular weight excluding hydrogens is 370 g/mol. The van der Waals surface area contributed by atoms with Gasteiger partial charge < -0.3 is 19.9 Å². The van der Waals surface area contributed by atoms with Crippen LogP contribution < -0.4 is 0 Å². The monoisotopic (exact) mass is 395 g/mol. The highest BCUT2D eigenvalue weighted by atomic mass is 16.4. The highest BCUT2D eigenvalue weighted by Gasteiger charge is 2.51. The van der Waals surface area contributed by atoms with E-state index in [9.17, 15) is 19.5 Å². The lowest BCUT2D eigenvalue weighted by atomic mass is 9.76. The fourth-order valence-electron chi connectivity index (χ4n) is 4.99. The maximum absolute atomic E-state index is 13.2. The normalized spacial score (nSPS) is 23.7. The van der Waals surface area contributed by atoms with Gasteiger partial charge in [0, 0.05) is 36.5 Å². The molecule has 2 amide bonds. The number of aliphatic carboxylic acids is 1. The van der Waals surface area contributed by atoms with Crippen LogP contribution in [0.2, 0.25) is 0 Å². The van der Waals surface area contributed by atoms with Gasteiger partial charge in [-0.05, 0) is 49.7 Å². The van der Waals surface area contributed by atoms with Crippen molar-refractivity contribution < 1.29 is 19.5 Å². The van der Waals surface area contributed by atoms with E-state index < -0.39 is 12.0 Å². The number of piperidine rings is 1. The van der Waals surface area contributed by atoms with Crippen molar-refractivity contribution in [3.05, 3.63) is 36.0 Å². The molecule has 2 N–H and O–H groups in total. The van der Waals surface area contributed by atoms with Gasteiger partial charge in [-0.1, -0.05) is 18.2 Å². The van der Waals surface area contributed by atoms with Gasteiger partial charge in [0.15, 0.2) is 0 Å². The molecule has 3 heterocycles. The number of nitrogens with zero attached hydrogens (tertiary/aromatic N) is 2. The van der Waals surface area contributed by atoms with Crippen LogP contribution in [0.4, 0.5) is 0 Å². The average molecular weight is 395 g/mol. The number of carboxylic acid groups (broad SMARTS) is 1. The van der Waals surface area contributed by atoms with Gasteiger partial charge in [0.05, 0.1) is 0 Å². The number of rotatable bonds is 3. The van der Waals surface area contributed by atoms with Crippen molar-refractivity contribution in [2.24, 2.45) is 11.3 Å². The largest absolute Gasteiger partial charge is 0.480 e. The number of hydrogen-bond acceptors (Lipinski definition) is 3. The van der Waals surface area contributed by atoms with Crippen molar-refractivity contribution in [3.63, 3.8) is 0 Å². The average Bonchev–Trinajstić information content (AvgIpc) is 3.37. The van der Waals surface area contributed by atoms with Crippen LogP contribution in [0.3, 0.4) is 0 Å². The Hall–Kier alpha value is -2.83. The molecule has 1 aliphatic carbocycles. The number of aromatic amines is 1. The maximum atomic E-state index is 13.2. The minimum Gasteiger partial charge on any atom is -0.480 e. The van der Waals surface area contributed by atoms with Crippen LogP contribution in [0.15, 0.2) is 30.3 Å². The quantitative estimate of drug-likeness (QED) is 0.835. The molecule has 5 rings (SSSR count). The molecule has 0 unspecified atom stereocenters. The number of likely N-dealkylation sites (tertiary alicyclic amines) is 2. The standard InChI is InChI=1S/C22H25N3O4/c26-19(14-5-6-14)24-9-7-22(8-10-24)12-18(21(28)29)25(13-22)20(27)17-11-15-3-1-2-4-16(15)23-17/h1-4,11,14,18,23H,5-10,12-13H2,(H,28,29)/t18-/m1/s1. The van der Waals surface area contributed by atoms with Crippen LogP contribution in [0, 0.1) is 11.3 Å². The van der Waals surface area contributed by atoms with E-state index in [0.29, 0.717) is 31.7 Å². The summed E-state index contributed by atoms with van der Waals surface area (Å²) in [6.45, 7) is 1.76. The number of carboxylic acids is 1. The van der Waals surface area contributed by atoms with E-state index in [1.807, 2.05) is 29.2 Å². The second-order valence-electron chi connectivity index (χ2n) is 8.86. The van der Waals surface area contributed by atoms with Crippen molar-refractivity contribution in [2.45, 2.75) is 38.1 Å². The first-order valence-electron chi connectivity index (χ1n) is 10.4. The van der Waals surface area contributed by atoms with E-state index in [2.05, 4.69) is 4.98 Å². The van der Waals surface area contributed by atoms with Gasteiger partial charge in [0.1, 0.15) is 11.7 Å². The van der Waals surface area contributed by atoms with E-state index in [-0.39, 0.29) is 23.1 Å². The number of carbonyl (C=O) groups is 3. The van der Waals surface area contributed by atoms with Crippen LogP contribution >= 0.6 is 0 Å². The molecule has 152 valence electrons. The third-order valence-electron chi connectivity index (χ3n) is 6.88. The summed E-state index contributed by atoms with van der Waals surface area (Å²) in [6.07, 6.45) is 3.96. The van der Waals surface area contributed by atoms with Gasteiger partial charge >= 0.3 is 5.97 Å². The molecule has 2 aromatic rings. The number of aromatic nitrogens is 1. The molecule has 7 heteroatoms. The summed E-state index contributed by atoms with van der Waals surface area (Å²) in [5.41, 5.74) is 1.07. The zero-order chi connectivity index (χ0) is 20.2. The Morgan fingerprint density at radius 3 is 2.48 bits per heavy atom. The van der Waals surface area contributed by atoms with Crippen LogP contribution in [-0.4, -0.2) is 63.4 Å². The van der Waals surface area contributed by atoms with Crippen LogP contribution in [0.5, 0.6) is 0 Å². The highest BCUT2D eigenvalue weighted by molar-refractivity contribution is 6.00. The molecule has 1 saturated carbocycles. The van der Waals surface area contributed by atoms with Crippen LogP contribution in [0.1, 0.15) is 42.6 Å². The number of H-pyrrole nitrogens is 1. The fraction of sp³-hybridized carbons (Fsp3) is 0.500. The molecule has 2 saturated heterocycles. The summed E-state index contributed by atoms with van der Waals surface area (Å²) in [7, 11) is 0. The minimum absolute atomic E-state index is 0.208. The first-order valence-corrected chi connectivity index (χ1v) is 10.4. The lowest BCUT2D eigenvalue weighted by Gasteiger charge is -2.39. The predicted octanol–water partition coefficient (Wildman–Crippen LogP) is 2.49. The highest BCUT2D eigenvalue weighted by Crippen LogP contribution is 2.45. The topological polar surface area (TPSA) is 93.7 Å². The Kier molecular flexibility index (Phi) is 4.15. The van der Waals surface area contributed by atoms with Crippen molar-refractivity contribution >= 4 is 28.7 Å². The van der Waals surface area contributed by atoms with Crippen molar-refractivity contribution in [1.82, 2.24) is 14.8 Å². The molecule has 0 bridgehead atoms. The van der Waals surface area contributed by atoms with Crippen LogP contribution in [0.25, 0.3) is 10.9 Å².